The van der Waals surface area contributed by atoms with Crippen LogP contribution in [0.1, 0.15) is 28.9 Å². The lowest BCUT2D eigenvalue weighted by Gasteiger charge is -2.17. The highest BCUT2D eigenvalue weighted by Crippen LogP contribution is 2.26. The van der Waals surface area contributed by atoms with Gasteiger partial charge in [-0.2, -0.15) is 5.10 Å². The number of carbonyl (C=O) groups is 2. The SMILES string of the molecule is COCc1c(C(=O)N(C)OCCCC(=O)OC)cnn1-c1ccnc2cc(Cl)ccc12. The van der Waals surface area contributed by atoms with Gasteiger partial charge >= 0.3 is 5.97 Å². The second-order valence-electron chi connectivity index (χ2n) is 6.66. The molecule has 0 saturated carbocycles. The van der Waals surface area contributed by atoms with Gasteiger partial charge in [-0.05, 0) is 30.7 Å². The number of esters is 1. The van der Waals surface area contributed by atoms with Crippen molar-refractivity contribution in [3.8, 4) is 5.69 Å². The van der Waals surface area contributed by atoms with E-state index in [9.17, 15) is 9.59 Å². The summed E-state index contributed by atoms with van der Waals surface area (Å²) in [6, 6.07) is 7.21. The normalized spacial score (nSPS) is 11.0. The van der Waals surface area contributed by atoms with Gasteiger partial charge in [-0.1, -0.05) is 11.6 Å². The Morgan fingerprint density at radius 3 is 2.77 bits per heavy atom. The maximum absolute atomic E-state index is 12.9. The van der Waals surface area contributed by atoms with Crippen LogP contribution in [0, 0.1) is 0 Å². The van der Waals surface area contributed by atoms with Gasteiger partial charge in [0.1, 0.15) is 0 Å². The molecule has 9 nitrogen and oxygen atoms in total. The van der Waals surface area contributed by atoms with Crippen LogP contribution in [0.25, 0.3) is 16.6 Å². The standard InChI is InChI=1S/C21H23ClN4O5/c1-25(31-10-4-5-20(27)30-3)21(28)16-12-24-26(19(16)13-29-2)18-8-9-23-17-11-14(22)6-7-15(17)18/h6-9,11-12H,4-5,10,13H2,1-3H3. The summed E-state index contributed by atoms with van der Waals surface area (Å²) < 4.78 is 11.6. The lowest BCUT2D eigenvalue weighted by atomic mass is 10.1. The van der Waals surface area contributed by atoms with E-state index in [2.05, 4.69) is 14.8 Å². The predicted molar refractivity (Wildman–Crippen MR) is 114 cm³/mol. The molecule has 0 aliphatic carbocycles. The minimum absolute atomic E-state index is 0.161. The first-order chi connectivity index (χ1) is 15.0. The first-order valence-corrected chi connectivity index (χ1v) is 9.92. The van der Waals surface area contributed by atoms with Crippen molar-refractivity contribution in [2.75, 3.05) is 27.9 Å². The number of benzene rings is 1. The highest BCUT2D eigenvalue weighted by molar-refractivity contribution is 6.31. The van der Waals surface area contributed by atoms with Crippen LogP contribution in [-0.2, 0) is 25.7 Å². The van der Waals surface area contributed by atoms with E-state index in [0.717, 1.165) is 16.1 Å². The van der Waals surface area contributed by atoms with Crippen LogP contribution < -0.4 is 0 Å². The number of methoxy groups -OCH3 is 2. The minimum Gasteiger partial charge on any atom is -0.469 e. The van der Waals surface area contributed by atoms with E-state index in [-0.39, 0.29) is 31.5 Å². The number of amides is 1. The molecule has 0 saturated heterocycles. The molecule has 0 radical (unpaired) electrons. The topological polar surface area (TPSA) is 95.8 Å². The van der Waals surface area contributed by atoms with Crippen molar-refractivity contribution in [1.29, 1.82) is 0 Å². The summed E-state index contributed by atoms with van der Waals surface area (Å²) in [6.07, 6.45) is 3.78. The predicted octanol–water partition coefficient (Wildman–Crippen LogP) is 3.18. The summed E-state index contributed by atoms with van der Waals surface area (Å²) in [5.74, 6) is -0.704. The summed E-state index contributed by atoms with van der Waals surface area (Å²) >= 11 is 6.08. The average Bonchev–Trinajstić information content (AvgIpc) is 3.18. The maximum Gasteiger partial charge on any atom is 0.305 e. The number of halogens is 1. The number of hydrogen-bond donors (Lipinski definition) is 0. The first kappa shape index (κ1) is 22.7. The molecule has 10 heteroatoms. The van der Waals surface area contributed by atoms with E-state index < -0.39 is 0 Å². The van der Waals surface area contributed by atoms with E-state index in [1.807, 2.05) is 12.1 Å². The van der Waals surface area contributed by atoms with E-state index in [4.69, 9.17) is 21.2 Å². The number of carbonyl (C=O) groups excluding carboxylic acids is 2. The van der Waals surface area contributed by atoms with Crippen molar-refractivity contribution in [2.45, 2.75) is 19.4 Å². The molecule has 164 valence electrons. The number of ether oxygens (including phenoxy) is 2. The van der Waals surface area contributed by atoms with Crippen molar-refractivity contribution in [2.24, 2.45) is 0 Å². The fraction of sp³-hybridized carbons (Fsp3) is 0.333. The fourth-order valence-corrected chi connectivity index (χ4v) is 3.24. The smallest absolute Gasteiger partial charge is 0.305 e. The highest BCUT2D eigenvalue weighted by atomic mass is 35.5. The Balaban J connectivity index is 1.86. The molecule has 31 heavy (non-hydrogen) atoms. The van der Waals surface area contributed by atoms with E-state index in [0.29, 0.717) is 28.2 Å². The Bertz CT molecular complexity index is 1080. The van der Waals surface area contributed by atoms with Crippen molar-refractivity contribution in [1.82, 2.24) is 19.8 Å². The van der Waals surface area contributed by atoms with Crippen LogP contribution in [0.4, 0.5) is 0 Å². The zero-order valence-corrected chi connectivity index (χ0v) is 18.3. The number of rotatable bonds is 9. The maximum atomic E-state index is 12.9. The zero-order chi connectivity index (χ0) is 22.4. The van der Waals surface area contributed by atoms with Gasteiger partial charge in [-0.3, -0.25) is 19.4 Å². The third-order valence-electron chi connectivity index (χ3n) is 4.61. The van der Waals surface area contributed by atoms with Crippen molar-refractivity contribution in [3.63, 3.8) is 0 Å². The Morgan fingerprint density at radius 2 is 2.03 bits per heavy atom. The van der Waals surface area contributed by atoms with Gasteiger partial charge in [0.25, 0.3) is 5.91 Å². The largest absolute Gasteiger partial charge is 0.469 e. The molecular formula is C21H23ClN4O5. The highest BCUT2D eigenvalue weighted by Gasteiger charge is 2.23. The van der Waals surface area contributed by atoms with Gasteiger partial charge < -0.3 is 9.47 Å². The molecule has 0 aliphatic heterocycles. The number of nitrogens with zero attached hydrogens (tertiary/aromatic N) is 4. The molecule has 0 spiro atoms. The van der Waals surface area contributed by atoms with E-state index in [1.165, 1.54) is 20.4 Å². The number of pyridine rings is 1. The molecular weight excluding hydrogens is 424 g/mol. The summed E-state index contributed by atoms with van der Waals surface area (Å²) in [4.78, 5) is 33.9. The first-order valence-electron chi connectivity index (χ1n) is 9.54. The quantitative estimate of drug-likeness (QED) is 0.283. The second kappa shape index (κ2) is 10.3. The third-order valence-corrected chi connectivity index (χ3v) is 4.85. The summed E-state index contributed by atoms with van der Waals surface area (Å²) in [6.45, 7) is 0.357. The van der Waals surface area contributed by atoms with Crippen molar-refractivity contribution < 1.29 is 23.9 Å². The zero-order valence-electron chi connectivity index (χ0n) is 17.5. The van der Waals surface area contributed by atoms with Gasteiger partial charge in [0.2, 0.25) is 0 Å². The minimum atomic E-state index is -0.377. The molecule has 1 aromatic carbocycles. The van der Waals surface area contributed by atoms with Crippen LogP contribution in [0.3, 0.4) is 0 Å². The second-order valence-corrected chi connectivity index (χ2v) is 7.09. The van der Waals surface area contributed by atoms with E-state index >= 15 is 0 Å². The third kappa shape index (κ3) is 5.19. The molecule has 0 atom stereocenters. The monoisotopic (exact) mass is 446 g/mol. The Hall–Kier alpha value is -3.01. The van der Waals surface area contributed by atoms with E-state index in [1.54, 1.807) is 30.1 Å². The Kier molecular flexibility index (Phi) is 7.56. The summed E-state index contributed by atoms with van der Waals surface area (Å²) in [5.41, 5.74) is 2.37. The Morgan fingerprint density at radius 1 is 1.23 bits per heavy atom. The lowest BCUT2D eigenvalue weighted by molar-refractivity contribution is -0.142. The average molecular weight is 447 g/mol. The van der Waals surface area contributed by atoms with Crippen LogP contribution in [0.15, 0.2) is 36.7 Å². The number of hydroxylamine groups is 2. The van der Waals surface area contributed by atoms with Crippen molar-refractivity contribution in [3.05, 3.63) is 52.9 Å². The molecule has 1 amide bonds. The molecule has 0 fully saturated rings. The van der Waals surface area contributed by atoms with Crippen LogP contribution in [0.2, 0.25) is 5.02 Å². The Labute approximate surface area is 184 Å². The molecule has 3 rings (SSSR count). The lowest BCUT2D eigenvalue weighted by Crippen LogP contribution is -2.28. The number of fused-ring (bicyclic) bond motifs is 1. The molecule has 0 N–H and O–H groups in total. The fourth-order valence-electron chi connectivity index (χ4n) is 3.07. The van der Waals surface area contributed by atoms with Gasteiger partial charge in [-0.15, -0.1) is 0 Å². The van der Waals surface area contributed by atoms with Gasteiger partial charge in [0.15, 0.2) is 0 Å². The molecule has 2 heterocycles. The molecule has 0 aliphatic rings. The van der Waals surface area contributed by atoms with Crippen LogP contribution in [-0.4, -0.2) is 59.6 Å². The number of aromatic nitrogens is 3. The number of hydrogen-bond acceptors (Lipinski definition) is 7. The summed E-state index contributed by atoms with van der Waals surface area (Å²) in [5, 5.41) is 6.96. The van der Waals surface area contributed by atoms with Gasteiger partial charge in [0.05, 0.1) is 49.0 Å². The molecule has 0 bridgehead atoms. The van der Waals surface area contributed by atoms with Crippen LogP contribution in [0.5, 0.6) is 0 Å². The summed E-state index contributed by atoms with van der Waals surface area (Å²) in [7, 11) is 4.38. The van der Waals surface area contributed by atoms with Crippen LogP contribution >= 0.6 is 11.6 Å². The van der Waals surface area contributed by atoms with Crippen molar-refractivity contribution >= 4 is 34.4 Å². The molecule has 0 unspecified atom stereocenters. The molecule has 2 aromatic heterocycles. The molecule has 3 aromatic rings. The van der Waals surface area contributed by atoms with Gasteiger partial charge in [-0.25, -0.2) is 9.75 Å². The van der Waals surface area contributed by atoms with Gasteiger partial charge in [0, 0.05) is 37.2 Å².